The summed E-state index contributed by atoms with van der Waals surface area (Å²) in [6.45, 7) is 3.04. The SMILES string of the molecule is CN=C(NCCOC1CCCCCC1)NCc1nccn1CCc1ccccc1. The van der Waals surface area contributed by atoms with Gasteiger partial charge in [0.1, 0.15) is 5.82 Å². The monoisotopic (exact) mass is 397 g/mol. The summed E-state index contributed by atoms with van der Waals surface area (Å²) in [5.41, 5.74) is 1.34. The summed E-state index contributed by atoms with van der Waals surface area (Å²) in [5.74, 6) is 1.80. The van der Waals surface area contributed by atoms with Gasteiger partial charge in [0.25, 0.3) is 0 Å². The highest BCUT2D eigenvalue weighted by Gasteiger charge is 2.12. The molecule has 1 fully saturated rings. The van der Waals surface area contributed by atoms with Crippen LogP contribution in [-0.2, 0) is 24.2 Å². The third-order valence-corrected chi connectivity index (χ3v) is 5.47. The highest BCUT2D eigenvalue weighted by atomic mass is 16.5. The van der Waals surface area contributed by atoms with E-state index in [-0.39, 0.29) is 0 Å². The summed E-state index contributed by atoms with van der Waals surface area (Å²) >= 11 is 0. The molecule has 0 aliphatic heterocycles. The molecule has 2 aromatic rings. The number of rotatable bonds is 9. The van der Waals surface area contributed by atoms with Gasteiger partial charge in [-0.3, -0.25) is 4.99 Å². The Morgan fingerprint density at radius 2 is 1.93 bits per heavy atom. The number of ether oxygens (including phenoxy) is 1. The van der Waals surface area contributed by atoms with Crippen molar-refractivity contribution in [2.24, 2.45) is 4.99 Å². The molecule has 2 N–H and O–H groups in total. The molecule has 29 heavy (non-hydrogen) atoms. The van der Waals surface area contributed by atoms with Crippen LogP contribution in [0.25, 0.3) is 0 Å². The van der Waals surface area contributed by atoms with Crippen molar-refractivity contribution in [1.82, 2.24) is 20.2 Å². The Labute approximate surface area is 174 Å². The fourth-order valence-corrected chi connectivity index (χ4v) is 3.79. The van der Waals surface area contributed by atoms with Gasteiger partial charge in [0, 0.05) is 32.5 Å². The van der Waals surface area contributed by atoms with Crippen LogP contribution < -0.4 is 10.6 Å². The molecule has 1 aliphatic carbocycles. The molecule has 0 saturated heterocycles. The first-order valence-electron chi connectivity index (χ1n) is 10.9. The van der Waals surface area contributed by atoms with E-state index in [1.54, 1.807) is 7.05 Å². The fourth-order valence-electron chi connectivity index (χ4n) is 3.79. The normalized spacial score (nSPS) is 15.8. The van der Waals surface area contributed by atoms with Gasteiger partial charge in [0.2, 0.25) is 0 Å². The van der Waals surface area contributed by atoms with Crippen molar-refractivity contribution in [3.63, 3.8) is 0 Å². The molecule has 6 nitrogen and oxygen atoms in total. The lowest BCUT2D eigenvalue weighted by Crippen LogP contribution is -2.39. The second-order valence-corrected chi connectivity index (χ2v) is 7.61. The lowest BCUT2D eigenvalue weighted by molar-refractivity contribution is 0.0468. The minimum Gasteiger partial charge on any atom is -0.376 e. The van der Waals surface area contributed by atoms with E-state index in [1.807, 2.05) is 12.4 Å². The second-order valence-electron chi connectivity index (χ2n) is 7.61. The number of imidazole rings is 1. The lowest BCUT2D eigenvalue weighted by Gasteiger charge is -2.17. The molecule has 3 rings (SSSR count). The van der Waals surface area contributed by atoms with Gasteiger partial charge in [-0.15, -0.1) is 0 Å². The van der Waals surface area contributed by atoms with Gasteiger partial charge in [-0.05, 0) is 24.8 Å². The first-order valence-corrected chi connectivity index (χ1v) is 10.9. The molecule has 0 bridgehead atoms. The quantitative estimate of drug-likeness (QED) is 0.294. The van der Waals surface area contributed by atoms with Crippen molar-refractivity contribution in [3.8, 4) is 0 Å². The molecule has 0 unspecified atom stereocenters. The predicted octanol–water partition coefficient (Wildman–Crippen LogP) is 3.53. The van der Waals surface area contributed by atoms with Crippen LogP contribution in [0.2, 0.25) is 0 Å². The van der Waals surface area contributed by atoms with E-state index in [2.05, 4.69) is 55.5 Å². The molecule has 1 aliphatic rings. The smallest absolute Gasteiger partial charge is 0.191 e. The van der Waals surface area contributed by atoms with Crippen LogP contribution in [0.15, 0.2) is 47.7 Å². The summed E-state index contributed by atoms with van der Waals surface area (Å²) in [5, 5.41) is 6.70. The van der Waals surface area contributed by atoms with Crippen LogP contribution in [0.3, 0.4) is 0 Å². The van der Waals surface area contributed by atoms with E-state index >= 15 is 0 Å². The predicted molar refractivity (Wildman–Crippen MR) is 118 cm³/mol. The van der Waals surface area contributed by atoms with Crippen LogP contribution in [0.1, 0.15) is 49.9 Å². The molecule has 158 valence electrons. The van der Waals surface area contributed by atoms with Crippen molar-refractivity contribution in [3.05, 3.63) is 54.1 Å². The molecular formula is C23H35N5O. The summed E-state index contributed by atoms with van der Waals surface area (Å²) in [6.07, 6.45) is 13.1. The standard InChI is InChI=1S/C23H35N5O/c1-24-23(26-15-18-29-21-11-7-2-3-8-12-21)27-19-22-25-14-17-28(22)16-13-20-9-5-4-6-10-20/h4-6,9-10,14,17,21H,2-3,7-8,11-13,15-16,18-19H2,1H3,(H2,24,26,27). The van der Waals surface area contributed by atoms with E-state index in [9.17, 15) is 0 Å². The Morgan fingerprint density at radius 3 is 2.69 bits per heavy atom. The summed E-state index contributed by atoms with van der Waals surface area (Å²) in [4.78, 5) is 8.81. The van der Waals surface area contributed by atoms with Gasteiger partial charge in [-0.1, -0.05) is 56.0 Å². The number of guanidine groups is 1. The van der Waals surface area contributed by atoms with E-state index < -0.39 is 0 Å². The molecule has 1 heterocycles. The third-order valence-electron chi connectivity index (χ3n) is 5.47. The van der Waals surface area contributed by atoms with Gasteiger partial charge in [0.15, 0.2) is 5.96 Å². The van der Waals surface area contributed by atoms with Gasteiger partial charge in [-0.2, -0.15) is 0 Å². The zero-order valence-corrected chi connectivity index (χ0v) is 17.6. The highest BCUT2D eigenvalue weighted by molar-refractivity contribution is 5.79. The van der Waals surface area contributed by atoms with E-state index in [0.29, 0.717) is 12.6 Å². The number of aryl methyl sites for hydroxylation is 2. The van der Waals surface area contributed by atoms with Crippen molar-refractivity contribution >= 4 is 5.96 Å². The first kappa shape index (κ1) is 21.4. The van der Waals surface area contributed by atoms with Gasteiger partial charge < -0.3 is 19.9 Å². The van der Waals surface area contributed by atoms with E-state index in [4.69, 9.17) is 4.74 Å². The average molecular weight is 398 g/mol. The van der Waals surface area contributed by atoms with Crippen molar-refractivity contribution in [2.45, 2.75) is 64.1 Å². The van der Waals surface area contributed by atoms with Crippen molar-refractivity contribution in [1.29, 1.82) is 0 Å². The maximum Gasteiger partial charge on any atom is 0.191 e. The summed E-state index contributed by atoms with van der Waals surface area (Å²) in [7, 11) is 1.80. The molecule has 0 amide bonds. The average Bonchev–Trinajstić information content (AvgIpc) is 3.05. The van der Waals surface area contributed by atoms with E-state index in [0.717, 1.165) is 37.9 Å². The molecule has 0 radical (unpaired) electrons. The Balaban J connectivity index is 1.36. The van der Waals surface area contributed by atoms with Crippen LogP contribution >= 0.6 is 0 Å². The van der Waals surface area contributed by atoms with Gasteiger partial charge in [0.05, 0.1) is 19.3 Å². The van der Waals surface area contributed by atoms with Crippen molar-refractivity contribution < 1.29 is 4.74 Å². The number of nitrogens with zero attached hydrogens (tertiary/aromatic N) is 3. The van der Waals surface area contributed by atoms with Crippen LogP contribution in [0, 0.1) is 0 Å². The van der Waals surface area contributed by atoms with Crippen molar-refractivity contribution in [2.75, 3.05) is 20.2 Å². The minimum atomic E-state index is 0.436. The maximum absolute atomic E-state index is 6.04. The zero-order valence-electron chi connectivity index (χ0n) is 17.6. The topological polar surface area (TPSA) is 63.5 Å². The number of benzene rings is 1. The Morgan fingerprint density at radius 1 is 1.14 bits per heavy atom. The second kappa shape index (κ2) is 12.3. The maximum atomic E-state index is 6.04. The summed E-state index contributed by atoms with van der Waals surface area (Å²) < 4.78 is 8.24. The Bertz CT molecular complexity index is 720. The Hall–Kier alpha value is -2.34. The fraction of sp³-hybridized carbons (Fsp3) is 0.565. The first-order chi connectivity index (χ1) is 14.3. The van der Waals surface area contributed by atoms with Crippen LogP contribution in [0.5, 0.6) is 0 Å². The van der Waals surface area contributed by atoms with Gasteiger partial charge in [-0.25, -0.2) is 4.98 Å². The number of nitrogens with one attached hydrogen (secondary N) is 2. The molecule has 1 aromatic heterocycles. The third kappa shape index (κ3) is 7.54. The van der Waals surface area contributed by atoms with Gasteiger partial charge >= 0.3 is 0 Å². The van der Waals surface area contributed by atoms with E-state index in [1.165, 1.54) is 44.1 Å². The largest absolute Gasteiger partial charge is 0.376 e. The number of aliphatic imine (C=N–C) groups is 1. The van der Waals surface area contributed by atoms with Crippen LogP contribution in [-0.4, -0.2) is 41.8 Å². The number of hydrogen-bond acceptors (Lipinski definition) is 3. The lowest BCUT2D eigenvalue weighted by atomic mass is 10.1. The molecule has 1 saturated carbocycles. The molecular weight excluding hydrogens is 362 g/mol. The number of hydrogen-bond donors (Lipinski definition) is 2. The van der Waals surface area contributed by atoms with Crippen LogP contribution in [0.4, 0.5) is 0 Å². The zero-order chi connectivity index (χ0) is 20.2. The highest BCUT2D eigenvalue weighted by Crippen LogP contribution is 2.19. The summed E-state index contributed by atoms with van der Waals surface area (Å²) in [6, 6.07) is 10.5. The minimum absolute atomic E-state index is 0.436. The molecule has 6 heteroatoms. The number of aromatic nitrogens is 2. The molecule has 0 atom stereocenters. The Kier molecular flexibility index (Phi) is 9.04. The molecule has 0 spiro atoms. The molecule has 1 aromatic carbocycles.